The number of hydrogen-bond acceptors (Lipinski definition) is 2. The van der Waals surface area contributed by atoms with E-state index in [1.807, 2.05) is 56.3 Å². The Hall–Kier alpha value is -2.14. The van der Waals surface area contributed by atoms with Gasteiger partial charge in [0.1, 0.15) is 0 Å². The molecule has 1 saturated heterocycles. The molecule has 5 heteroatoms. The van der Waals surface area contributed by atoms with Crippen molar-refractivity contribution in [3.05, 3.63) is 58.1 Å². The number of nitrogens with zero attached hydrogens (tertiary/aromatic N) is 1. The Morgan fingerprint density at radius 2 is 1.88 bits per heavy atom. The number of rotatable bonds is 3. The first-order chi connectivity index (χ1) is 11.4. The van der Waals surface area contributed by atoms with E-state index in [4.69, 9.17) is 0 Å². The SMILES string of the molecule is Cc1ccc(N2C[C@@H](C(=O)Nc3ccc(Br)cc3C)CC2=O)cc1. The number of carbonyl (C=O) groups excluding carboxylic acids is 2. The van der Waals surface area contributed by atoms with E-state index in [1.54, 1.807) is 4.90 Å². The molecule has 0 saturated carbocycles. The maximum Gasteiger partial charge on any atom is 0.229 e. The van der Waals surface area contributed by atoms with Gasteiger partial charge in [0.15, 0.2) is 0 Å². The second-order valence-corrected chi connectivity index (χ2v) is 7.11. The van der Waals surface area contributed by atoms with Gasteiger partial charge in [-0.2, -0.15) is 0 Å². The van der Waals surface area contributed by atoms with Crippen LogP contribution in [0.1, 0.15) is 17.5 Å². The van der Waals surface area contributed by atoms with E-state index in [2.05, 4.69) is 21.2 Å². The van der Waals surface area contributed by atoms with Gasteiger partial charge >= 0.3 is 0 Å². The number of benzene rings is 2. The van der Waals surface area contributed by atoms with Crippen molar-refractivity contribution in [2.45, 2.75) is 20.3 Å². The highest BCUT2D eigenvalue weighted by molar-refractivity contribution is 9.10. The van der Waals surface area contributed by atoms with E-state index in [0.717, 1.165) is 27.0 Å². The first-order valence-corrected chi connectivity index (χ1v) is 8.67. The summed E-state index contributed by atoms with van der Waals surface area (Å²) in [6, 6.07) is 13.5. The molecule has 124 valence electrons. The second-order valence-electron chi connectivity index (χ2n) is 6.19. The standard InChI is InChI=1S/C19H19BrN2O2/c1-12-3-6-16(7-4-12)22-11-14(10-18(22)23)19(24)21-17-8-5-15(20)9-13(17)2/h3-9,14H,10-11H2,1-2H3,(H,21,24)/t14-/m0/s1. The van der Waals surface area contributed by atoms with Gasteiger partial charge in [-0.3, -0.25) is 9.59 Å². The lowest BCUT2D eigenvalue weighted by Crippen LogP contribution is -2.28. The van der Waals surface area contributed by atoms with Crippen LogP contribution in [-0.4, -0.2) is 18.4 Å². The Bertz CT molecular complexity index is 786. The number of amides is 2. The molecule has 1 N–H and O–H groups in total. The van der Waals surface area contributed by atoms with Crippen molar-refractivity contribution in [1.82, 2.24) is 0 Å². The first kappa shape index (κ1) is 16.7. The largest absolute Gasteiger partial charge is 0.326 e. The minimum atomic E-state index is -0.332. The molecule has 4 nitrogen and oxygen atoms in total. The minimum absolute atomic E-state index is 0.00784. The molecule has 0 unspecified atom stereocenters. The zero-order valence-electron chi connectivity index (χ0n) is 13.7. The average Bonchev–Trinajstić information content (AvgIpc) is 2.93. The molecule has 0 aromatic heterocycles. The van der Waals surface area contributed by atoms with Gasteiger partial charge in [-0.25, -0.2) is 0 Å². The van der Waals surface area contributed by atoms with Crippen molar-refractivity contribution in [2.75, 3.05) is 16.8 Å². The van der Waals surface area contributed by atoms with Crippen LogP contribution in [-0.2, 0) is 9.59 Å². The summed E-state index contributed by atoms with van der Waals surface area (Å²) < 4.78 is 0.972. The molecule has 1 aliphatic rings. The van der Waals surface area contributed by atoms with Gasteiger partial charge in [0.25, 0.3) is 0 Å². The number of anilines is 2. The summed E-state index contributed by atoms with van der Waals surface area (Å²) in [6.45, 7) is 4.37. The summed E-state index contributed by atoms with van der Waals surface area (Å²) in [5.74, 6) is -0.447. The van der Waals surface area contributed by atoms with Crippen LogP contribution in [0.2, 0.25) is 0 Å². The van der Waals surface area contributed by atoms with Gasteiger partial charge in [0, 0.05) is 28.8 Å². The van der Waals surface area contributed by atoms with Crippen LogP contribution in [0.15, 0.2) is 46.9 Å². The van der Waals surface area contributed by atoms with Crippen LogP contribution >= 0.6 is 15.9 Å². The zero-order chi connectivity index (χ0) is 17.3. The lowest BCUT2D eigenvalue weighted by atomic mass is 10.1. The monoisotopic (exact) mass is 386 g/mol. The number of carbonyl (C=O) groups is 2. The van der Waals surface area contributed by atoms with Crippen molar-refractivity contribution in [1.29, 1.82) is 0 Å². The Kier molecular flexibility index (Phi) is 4.71. The lowest BCUT2D eigenvalue weighted by Gasteiger charge is -2.17. The van der Waals surface area contributed by atoms with E-state index < -0.39 is 0 Å². The Labute approximate surface area is 150 Å². The van der Waals surface area contributed by atoms with Gasteiger partial charge < -0.3 is 10.2 Å². The fourth-order valence-corrected chi connectivity index (χ4v) is 3.34. The van der Waals surface area contributed by atoms with E-state index in [0.29, 0.717) is 6.54 Å². The summed E-state index contributed by atoms with van der Waals surface area (Å²) in [7, 11) is 0. The zero-order valence-corrected chi connectivity index (χ0v) is 15.3. The third-order valence-electron chi connectivity index (χ3n) is 4.29. The van der Waals surface area contributed by atoms with Crippen molar-refractivity contribution in [3.63, 3.8) is 0 Å². The molecule has 0 radical (unpaired) electrons. The molecule has 1 heterocycles. The predicted octanol–water partition coefficient (Wildman–Crippen LogP) is 4.06. The molecule has 0 bridgehead atoms. The first-order valence-electron chi connectivity index (χ1n) is 7.88. The van der Waals surface area contributed by atoms with Gasteiger partial charge in [0.05, 0.1) is 5.92 Å². The summed E-state index contributed by atoms with van der Waals surface area (Å²) in [5, 5.41) is 2.94. The van der Waals surface area contributed by atoms with Gasteiger partial charge in [-0.15, -0.1) is 0 Å². The van der Waals surface area contributed by atoms with Crippen molar-refractivity contribution >= 4 is 39.1 Å². The predicted molar refractivity (Wildman–Crippen MR) is 99.1 cm³/mol. The highest BCUT2D eigenvalue weighted by Gasteiger charge is 2.35. The van der Waals surface area contributed by atoms with Crippen LogP contribution in [0.4, 0.5) is 11.4 Å². The van der Waals surface area contributed by atoms with Crippen molar-refractivity contribution in [2.24, 2.45) is 5.92 Å². The molecule has 3 rings (SSSR count). The highest BCUT2D eigenvalue weighted by Crippen LogP contribution is 2.27. The molecule has 1 fully saturated rings. The highest BCUT2D eigenvalue weighted by atomic mass is 79.9. The molecule has 2 aromatic carbocycles. The van der Waals surface area contributed by atoms with E-state index >= 15 is 0 Å². The maximum absolute atomic E-state index is 12.5. The summed E-state index contributed by atoms with van der Waals surface area (Å²) in [6.07, 6.45) is 0.245. The lowest BCUT2D eigenvalue weighted by molar-refractivity contribution is -0.122. The Morgan fingerprint density at radius 1 is 1.17 bits per heavy atom. The maximum atomic E-state index is 12.5. The summed E-state index contributed by atoms with van der Waals surface area (Å²) in [4.78, 5) is 26.5. The van der Waals surface area contributed by atoms with Crippen LogP contribution in [0.5, 0.6) is 0 Å². The Morgan fingerprint density at radius 3 is 2.54 bits per heavy atom. The van der Waals surface area contributed by atoms with E-state index in [9.17, 15) is 9.59 Å². The molecule has 2 aromatic rings. The van der Waals surface area contributed by atoms with Crippen LogP contribution in [0.3, 0.4) is 0 Å². The summed E-state index contributed by atoms with van der Waals surface area (Å²) >= 11 is 3.41. The van der Waals surface area contributed by atoms with Crippen LogP contribution < -0.4 is 10.2 Å². The molecule has 0 aliphatic carbocycles. The smallest absolute Gasteiger partial charge is 0.229 e. The van der Waals surface area contributed by atoms with E-state index in [1.165, 1.54) is 0 Å². The molecule has 24 heavy (non-hydrogen) atoms. The van der Waals surface area contributed by atoms with E-state index in [-0.39, 0.29) is 24.2 Å². The molecule has 1 aliphatic heterocycles. The number of halogens is 1. The fraction of sp³-hybridized carbons (Fsp3) is 0.263. The minimum Gasteiger partial charge on any atom is -0.326 e. The third-order valence-corrected chi connectivity index (χ3v) is 4.78. The molecule has 0 spiro atoms. The van der Waals surface area contributed by atoms with Crippen molar-refractivity contribution < 1.29 is 9.59 Å². The van der Waals surface area contributed by atoms with Crippen molar-refractivity contribution in [3.8, 4) is 0 Å². The van der Waals surface area contributed by atoms with Crippen LogP contribution in [0, 0.1) is 19.8 Å². The quantitative estimate of drug-likeness (QED) is 0.864. The fourth-order valence-electron chi connectivity index (χ4n) is 2.86. The topological polar surface area (TPSA) is 49.4 Å². The van der Waals surface area contributed by atoms with Gasteiger partial charge in [-0.05, 0) is 49.7 Å². The number of aryl methyl sites for hydroxylation is 2. The van der Waals surface area contributed by atoms with Crippen LogP contribution in [0.25, 0.3) is 0 Å². The Balaban J connectivity index is 1.70. The molecular formula is C19H19BrN2O2. The van der Waals surface area contributed by atoms with Gasteiger partial charge in [0.2, 0.25) is 11.8 Å². The molecular weight excluding hydrogens is 368 g/mol. The third kappa shape index (κ3) is 3.51. The average molecular weight is 387 g/mol. The number of hydrogen-bond donors (Lipinski definition) is 1. The normalized spacial score (nSPS) is 17.2. The second kappa shape index (κ2) is 6.77. The molecule has 2 amide bonds. The number of nitrogens with one attached hydrogen (secondary N) is 1. The summed E-state index contributed by atoms with van der Waals surface area (Å²) in [5.41, 5.74) is 3.76. The van der Waals surface area contributed by atoms with Gasteiger partial charge in [-0.1, -0.05) is 33.6 Å². The molecule has 1 atom stereocenters.